The van der Waals surface area contributed by atoms with E-state index in [0.717, 1.165) is 5.56 Å². The van der Waals surface area contributed by atoms with Crippen LogP contribution in [0.4, 0.5) is 0 Å². The second kappa shape index (κ2) is 4.46. The summed E-state index contributed by atoms with van der Waals surface area (Å²) >= 11 is 6.01. The zero-order valence-electron chi connectivity index (χ0n) is 9.50. The lowest BCUT2D eigenvalue weighted by molar-refractivity contribution is -0.125. The van der Waals surface area contributed by atoms with E-state index in [1.165, 1.54) is 0 Å². The van der Waals surface area contributed by atoms with Gasteiger partial charge in [-0.2, -0.15) is 0 Å². The number of hydrogen-bond acceptors (Lipinski definition) is 2. The van der Waals surface area contributed by atoms with Gasteiger partial charge < -0.3 is 4.74 Å². The Morgan fingerprint density at radius 2 is 2.31 bits per heavy atom. The molecule has 1 aliphatic heterocycles. The molecule has 1 aromatic carbocycles. The normalized spacial score (nSPS) is 18.4. The summed E-state index contributed by atoms with van der Waals surface area (Å²) in [6.45, 7) is 4.07. The third-order valence-corrected chi connectivity index (χ3v) is 2.98. The maximum atomic E-state index is 11.9. The van der Waals surface area contributed by atoms with E-state index in [9.17, 15) is 4.79 Å². The number of para-hydroxylation sites is 1. The summed E-state index contributed by atoms with van der Waals surface area (Å²) in [5.41, 5.74) is 1.04. The van der Waals surface area contributed by atoms with Crippen molar-refractivity contribution in [3.63, 3.8) is 0 Å². The van der Waals surface area contributed by atoms with Crippen LogP contribution in [0.1, 0.15) is 25.8 Å². The van der Waals surface area contributed by atoms with Crippen molar-refractivity contribution in [3.05, 3.63) is 28.8 Å². The number of Topliss-reactive ketones (excluding diaryl/α,β-unsaturated/α-hetero) is 1. The van der Waals surface area contributed by atoms with Gasteiger partial charge in [0.2, 0.25) is 0 Å². The summed E-state index contributed by atoms with van der Waals surface area (Å²) in [6, 6.07) is 5.64. The molecule has 1 atom stereocenters. The molecule has 1 aliphatic rings. The van der Waals surface area contributed by atoms with Crippen LogP contribution >= 0.6 is 11.6 Å². The number of fused-ring (bicyclic) bond motifs is 1. The van der Waals surface area contributed by atoms with Crippen LogP contribution in [-0.4, -0.2) is 11.9 Å². The Labute approximate surface area is 101 Å². The highest BCUT2D eigenvalue weighted by molar-refractivity contribution is 6.32. The van der Waals surface area contributed by atoms with Crippen LogP contribution in [0.5, 0.6) is 5.75 Å². The van der Waals surface area contributed by atoms with Gasteiger partial charge in [0.25, 0.3) is 0 Å². The molecule has 0 spiro atoms. The van der Waals surface area contributed by atoms with Gasteiger partial charge in [-0.3, -0.25) is 4.79 Å². The van der Waals surface area contributed by atoms with Crippen molar-refractivity contribution < 1.29 is 9.53 Å². The number of rotatable bonds is 3. The molecule has 0 aliphatic carbocycles. The highest BCUT2D eigenvalue weighted by Crippen LogP contribution is 2.36. The number of benzene rings is 1. The fourth-order valence-electron chi connectivity index (χ4n) is 1.94. The second-order valence-electron chi connectivity index (χ2n) is 4.60. The van der Waals surface area contributed by atoms with Gasteiger partial charge >= 0.3 is 0 Å². The average Bonchev–Trinajstić information content (AvgIpc) is 2.61. The molecule has 0 saturated carbocycles. The molecule has 1 aromatic rings. The standard InChI is InChI=1S/C13H15ClO2/c1-8(2)6-11(15)12-7-9-4-3-5-10(14)13(9)16-12/h3-5,8,12H,6-7H2,1-2H3. The third-order valence-electron chi connectivity index (χ3n) is 2.68. The lowest BCUT2D eigenvalue weighted by atomic mass is 10.0. The van der Waals surface area contributed by atoms with Gasteiger partial charge in [0.05, 0.1) is 5.02 Å². The van der Waals surface area contributed by atoms with Crippen molar-refractivity contribution in [1.82, 2.24) is 0 Å². The summed E-state index contributed by atoms with van der Waals surface area (Å²) in [5, 5.41) is 0.595. The van der Waals surface area contributed by atoms with Crippen LogP contribution in [-0.2, 0) is 11.2 Å². The molecule has 0 saturated heterocycles. The molecule has 86 valence electrons. The van der Waals surface area contributed by atoms with E-state index in [2.05, 4.69) is 0 Å². The molecular formula is C13H15ClO2. The Bertz CT molecular complexity index is 412. The van der Waals surface area contributed by atoms with Crippen molar-refractivity contribution in [3.8, 4) is 5.75 Å². The third kappa shape index (κ3) is 2.22. The van der Waals surface area contributed by atoms with Crippen molar-refractivity contribution in [2.45, 2.75) is 32.8 Å². The summed E-state index contributed by atoms with van der Waals surface area (Å²) in [4.78, 5) is 11.9. The van der Waals surface area contributed by atoms with Gasteiger partial charge in [-0.15, -0.1) is 0 Å². The van der Waals surface area contributed by atoms with Crippen LogP contribution in [0, 0.1) is 5.92 Å². The molecule has 0 N–H and O–H groups in total. The minimum atomic E-state index is -0.336. The Kier molecular flexibility index (Phi) is 3.20. The van der Waals surface area contributed by atoms with Gasteiger partial charge in [-0.05, 0) is 17.5 Å². The predicted octanol–water partition coefficient (Wildman–Crippen LogP) is 3.26. The Morgan fingerprint density at radius 3 is 2.94 bits per heavy atom. The maximum Gasteiger partial charge on any atom is 0.173 e. The first-order valence-corrected chi connectivity index (χ1v) is 5.92. The molecule has 1 unspecified atom stereocenters. The van der Waals surface area contributed by atoms with E-state index in [1.807, 2.05) is 26.0 Å². The number of carbonyl (C=O) groups excluding carboxylic acids is 1. The molecule has 16 heavy (non-hydrogen) atoms. The number of carbonyl (C=O) groups is 1. The largest absolute Gasteiger partial charge is 0.480 e. The lowest BCUT2D eigenvalue weighted by Gasteiger charge is -2.11. The quantitative estimate of drug-likeness (QED) is 0.808. The lowest BCUT2D eigenvalue weighted by Crippen LogP contribution is -2.26. The fraction of sp³-hybridized carbons (Fsp3) is 0.462. The first-order chi connectivity index (χ1) is 7.58. The number of hydrogen-bond donors (Lipinski definition) is 0. The molecule has 1 heterocycles. The number of halogens is 1. The van der Waals surface area contributed by atoms with E-state index in [0.29, 0.717) is 29.5 Å². The predicted molar refractivity (Wildman–Crippen MR) is 64.0 cm³/mol. The molecular weight excluding hydrogens is 224 g/mol. The Morgan fingerprint density at radius 1 is 1.56 bits per heavy atom. The highest BCUT2D eigenvalue weighted by Gasteiger charge is 2.30. The molecule has 0 amide bonds. The fourth-order valence-corrected chi connectivity index (χ4v) is 2.18. The van der Waals surface area contributed by atoms with E-state index in [-0.39, 0.29) is 11.9 Å². The summed E-state index contributed by atoms with van der Waals surface area (Å²) in [6.07, 6.45) is 0.884. The van der Waals surface area contributed by atoms with E-state index in [4.69, 9.17) is 16.3 Å². The summed E-state index contributed by atoms with van der Waals surface area (Å²) in [7, 11) is 0. The molecule has 0 radical (unpaired) electrons. The number of ketones is 1. The monoisotopic (exact) mass is 238 g/mol. The van der Waals surface area contributed by atoms with Gasteiger partial charge in [0.15, 0.2) is 11.9 Å². The van der Waals surface area contributed by atoms with Crippen LogP contribution < -0.4 is 4.74 Å². The first kappa shape index (κ1) is 11.5. The van der Waals surface area contributed by atoms with Crippen molar-refractivity contribution in [1.29, 1.82) is 0 Å². The smallest absolute Gasteiger partial charge is 0.173 e. The second-order valence-corrected chi connectivity index (χ2v) is 5.01. The van der Waals surface area contributed by atoms with Crippen LogP contribution in [0.25, 0.3) is 0 Å². The average molecular weight is 239 g/mol. The van der Waals surface area contributed by atoms with Gasteiger partial charge in [-0.1, -0.05) is 37.6 Å². The minimum Gasteiger partial charge on any atom is -0.480 e. The topological polar surface area (TPSA) is 26.3 Å². The molecule has 2 rings (SSSR count). The van der Waals surface area contributed by atoms with Crippen LogP contribution in [0.15, 0.2) is 18.2 Å². The molecule has 0 aromatic heterocycles. The van der Waals surface area contributed by atoms with Crippen molar-refractivity contribution in [2.24, 2.45) is 5.92 Å². The molecule has 0 bridgehead atoms. The van der Waals surface area contributed by atoms with Crippen molar-refractivity contribution >= 4 is 17.4 Å². The van der Waals surface area contributed by atoms with E-state index < -0.39 is 0 Å². The highest BCUT2D eigenvalue weighted by atomic mass is 35.5. The zero-order chi connectivity index (χ0) is 11.7. The SMILES string of the molecule is CC(C)CC(=O)C1Cc2cccc(Cl)c2O1. The van der Waals surface area contributed by atoms with E-state index in [1.54, 1.807) is 6.07 Å². The van der Waals surface area contributed by atoms with Gasteiger partial charge in [-0.25, -0.2) is 0 Å². The number of ether oxygens (including phenoxy) is 1. The first-order valence-electron chi connectivity index (χ1n) is 5.54. The van der Waals surface area contributed by atoms with E-state index >= 15 is 0 Å². The Hall–Kier alpha value is -1.02. The van der Waals surface area contributed by atoms with Crippen LogP contribution in [0.2, 0.25) is 5.02 Å². The van der Waals surface area contributed by atoms with Gasteiger partial charge in [0.1, 0.15) is 5.75 Å². The van der Waals surface area contributed by atoms with Gasteiger partial charge in [0, 0.05) is 12.8 Å². The maximum absolute atomic E-state index is 11.9. The Balaban J connectivity index is 2.11. The molecule has 3 heteroatoms. The molecule has 0 fully saturated rings. The summed E-state index contributed by atoms with van der Waals surface area (Å²) in [5.74, 6) is 1.23. The molecule has 2 nitrogen and oxygen atoms in total. The summed E-state index contributed by atoms with van der Waals surface area (Å²) < 4.78 is 5.62. The van der Waals surface area contributed by atoms with Crippen molar-refractivity contribution in [2.75, 3.05) is 0 Å². The van der Waals surface area contributed by atoms with Crippen LogP contribution in [0.3, 0.4) is 0 Å². The zero-order valence-corrected chi connectivity index (χ0v) is 10.3. The minimum absolute atomic E-state index is 0.169.